The van der Waals surface area contributed by atoms with Gasteiger partial charge in [0.15, 0.2) is 0 Å². The zero-order valence-corrected chi connectivity index (χ0v) is 12.7. The normalized spacial score (nSPS) is 11.3. The molecule has 1 heterocycles. The molecular formula is C16H23ClN2. The lowest BCUT2D eigenvalue weighted by atomic mass is 10.1. The fraction of sp³-hybridized carbons (Fsp3) is 0.562. The molecule has 3 heteroatoms. The molecule has 0 saturated heterocycles. The molecule has 0 aliphatic rings. The second-order valence-corrected chi connectivity index (χ2v) is 5.49. The number of alkyl halides is 1. The molecule has 1 aromatic heterocycles. The molecule has 19 heavy (non-hydrogen) atoms. The van der Waals surface area contributed by atoms with Gasteiger partial charge >= 0.3 is 0 Å². The minimum Gasteiger partial charge on any atom is -0.327 e. The van der Waals surface area contributed by atoms with E-state index in [1.165, 1.54) is 43.2 Å². The molecule has 2 nitrogen and oxygen atoms in total. The Kier molecular flexibility index (Phi) is 5.26. The van der Waals surface area contributed by atoms with Crippen LogP contribution >= 0.6 is 11.6 Å². The minimum atomic E-state index is 0.489. The number of aromatic nitrogens is 2. The van der Waals surface area contributed by atoms with Gasteiger partial charge in [0.2, 0.25) is 0 Å². The van der Waals surface area contributed by atoms with Crippen molar-refractivity contribution in [2.45, 2.75) is 58.4 Å². The predicted molar refractivity (Wildman–Crippen MR) is 82.8 cm³/mol. The Morgan fingerprint density at radius 1 is 1.16 bits per heavy atom. The molecule has 0 spiro atoms. The summed E-state index contributed by atoms with van der Waals surface area (Å²) in [6.45, 7) is 5.38. The van der Waals surface area contributed by atoms with Crippen molar-refractivity contribution in [2.75, 3.05) is 0 Å². The molecule has 0 N–H and O–H groups in total. The van der Waals surface area contributed by atoms with E-state index >= 15 is 0 Å². The topological polar surface area (TPSA) is 17.8 Å². The van der Waals surface area contributed by atoms with Crippen molar-refractivity contribution in [1.29, 1.82) is 0 Å². The molecule has 0 aliphatic heterocycles. The number of rotatable bonds is 7. The van der Waals surface area contributed by atoms with E-state index in [4.69, 9.17) is 11.6 Å². The fourth-order valence-corrected chi connectivity index (χ4v) is 2.72. The molecule has 0 saturated carbocycles. The first kappa shape index (κ1) is 14.4. The number of aryl methyl sites for hydroxylation is 2. The first-order valence-corrected chi connectivity index (χ1v) is 7.81. The van der Waals surface area contributed by atoms with Gasteiger partial charge in [0.1, 0.15) is 5.82 Å². The zero-order chi connectivity index (χ0) is 13.7. The Morgan fingerprint density at radius 2 is 1.95 bits per heavy atom. The summed E-state index contributed by atoms with van der Waals surface area (Å²) in [5.74, 6) is 1.49. The van der Waals surface area contributed by atoms with Crippen molar-refractivity contribution in [2.24, 2.45) is 0 Å². The van der Waals surface area contributed by atoms with Crippen LogP contribution in [-0.4, -0.2) is 9.55 Å². The van der Waals surface area contributed by atoms with Crippen LogP contribution in [0.4, 0.5) is 0 Å². The summed E-state index contributed by atoms with van der Waals surface area (Å²) in [7, 11) is 0. The third kappa shape index (κ3) is 3.50. The molecule has 0 radical (unpaired) electrons. The number of benzene rings is 1. The van der Waals surface area contributed by atoms with Crippen LogP contribution in [0.5, 0.6) is 0 Å². The van der Waals surface area contributed by atoms with E-state index in [9.17, 15) is 0 Å². The summed E-state index contributed by atoms with van der Waals surface area (Å²) in [6.07, 6.45) is 6.47. The maximum absolute atomic E-state index is 6.02. The second kappa shape index (κ2) is 6.95. The van der Waals surface area contributed by atoms with Gasteiger partial charge in [-0.25, -0.2) is 4.98 Å². The smallest absolute Gasteiger partial charge is 0.124 e. The van der Waals surface area contributed by atoms with E-state index in [1.807, 2.05) is 0 Å². The molecule has 2 rings (SSSR count). The number of halogens is 1. The van der Waals surface area contributed by atoms with E-state index in [1.54, 1.807) is 0 Å². The van der Waals surface area contributed by atoms with Crippen LogP contribution in [-0.2, 0) is 12.4 Å². The second-order valence-electron chi connectivity index (χ2n) is 5.22. The standard InChI is InChI=1S/C16H23ClN2/c1-3-4-5-6-7-10-19-15-9-8-13(2)11-14(15)18-16(19)12-17/h8-9,11H,3-7,10,12H2,1-2H3. The van der Waals surface area contributed by atoms with Crippen LogP contribution in [0.3, 0.4) is 0 Å². The number of fused-ring (bicyclic) bond motifs is 1. The third-order valence-electron chi connectivity index (χ3n) is 3.59. The number of hydrogen-bond donors (Lipinski definition) is 0. The maximum Gasteiger partial charge on any atom is 0.124 e. The Bertz CT molecular complexity index is 531. The van der Waals surface area contributed by atoms with E-state index in [-0.39, 0.29) is 0 Å². The van der Waals surface area contributed by atoms with Crippen molar-refractivity contribution < 1.29 is 0 Å². The van der Waals surface area contributed by atoms with Crippen LogP contribution < -0.4 is 0 Å². The largest absolute Gasteiger partial charge is 0.327 e. The molecule has 0 unspecified atom stereocenters. The Morgan fingerprint density at radius 3 is 2.68 bits per heavy atom. The summed E-state index contributed by atoms with van der Waals surface area (Å²) >= 11 is 6.02. The summed E-state index contributed by atoms with van der Waals surface area (Å²) in [5.41, 5.74) is 3.54. The van der Waals surface area contributed by atoms with E-state index < -0.39 is 0 Å². The van der Waals surface area contributed by atoms with Gasteiger partial charge in [-0.1, -0.05) is 38.7 Å². The SMILES string of the molecule is CCCCCCCn1c(CCl)nc2cc(C)ccc21. The van der Waals surface area contributed by atoms with Gasteiger partial charge in [0.25, 0.3) is 0 Å². The van der Waals surface area contributed by atoms with Gasteiger partial charge in [-0.2, -0.15) is 0 Å². The van der Waals surface area contributed by atoms with Gasteiger partial charge in [-0.3, -0.25) is 0 Å². The van der Waals surface area contributed by atoms with Crippen LogP contribution in [0.2, 0.25) is 0 Å². The highest BCUT2D eigenvalue weighted by molar-refractivity contribution is 6.16. The molecule has 0 aliphatic carbocycles. The monoisotopic (exact) mass is 278 g/mol. The first-order valence-electron chi connectivity index (χ1n) is 7.28. The molecule has 0 bridgehead atoms. The zero-order valence-electron chi connectivity index (χ0n) is 12.0. The molecule has 104 valence electrons. The molecule has 2 aromatic rings. The predicted octanol–water partition coefficient (Wildman–Crippen LogP) is 5.05. The number of imidazole rings is 1. The third-order valence-corrected chi connectivity index (χ3v) is 3.83. The van der Waals surface area contributed by atoms with E-state index in [0.717, 1.165) is 17.9 Å². The Labute approximate surface area is 120 Å². The van der Waals surface area contributed by atoms with Crippen LogP contribution in [0.25, 0.3) is 11.0 Å². The van der Waals surface area contributed by atoms with Crippen molar-refractivity contribution in [3.05, 3.63) is 29.6 Å². The Hall–Kier alpha value is -1.02. The van der Waals surface area contributed by atoms with E-state index in [2.05, 4.69) is 41.6 Å². The molecule has 1 aromatic carbocycles. The van der Waals surface area contributed by atoms with Gasteiger partial charge in [0, 0.05) is 6.54 Å². The number of hydrogen-bond acceptors (Lipinski definition) is 1. The van der Waals surface area contributed by atoms with E-state index in [0.29, 0.717) is 5.88 Å². The quantitative estimate of drug-likeness (QED) is 0.512. The van der Waals surface area contributed by atoms with Crippen LogP contribution in [0.15, 0.2) is 18.2 Å². The minimum absolute atomic E-state index is 0.489. The number of nitrogens with zero attached hydrogens (tertiary/aromatic N) is 2. The summed E-state index contributed by atoms with van der Waals surface area (Å²) in [4.78, 5) is 4.64. The van der Waals surface area contributed by atoms with Crippen LogP contribution in [0, 0.1) is 6.92 Å². The van der Waals surface area contributed by atoms with Crippen molar-refractivity contribution in [3.8, 4) is 0 Å². The summed E-state index contributed by atoms with van der Waals surface area (Å²) in [5, 5.41) is 0. The average Bonchev–Trinajstić information content (AvgIpc) is 2.75. The van der Waals surface area contributed by atoms with Crippen LogP contribution in [0.1, 0.15) is 50.4 Å². The first-order chi connectivity index (χ1) is 9.26. The molecule has 0 amide bonds. The molecule has 0 fully saturated rings. The average molecular weight is 279 g/mol. The number of unbranched alkanes of at least 4 members (excludes halogenated alkanes) is 4. The van der Waals surface area contributed by atoms with Gasteiger partial charge in [-0.15, -0.1) is 11.6 Å². The fourth-order valence-electron chi connectivity index (χ4n) is 2.51. The van der Waals surface area contributed by atoms with Gasteiger partial charge in [0.05, 0.1) is 16.9 Å². The van der Waals surface area contributed by atoms with Crippen molar-refractivity contribution >= 4 is 22.6 Å². The maximum atomic E-state index is 6.02. The Balaban J connectivity index is 2.11. The summed E-state index contributed by atoms with van der Waals surface area (Å²) < 4.78 is 2.29. The lowest BCUT2D eigenvalue weighted by Gasteiger charge is -2.07. The van der Waals surface area contributed by atoms with Gasteiger partial charge in [-0.05, 0) is 31.0 Å². The highest BCUT2D eigenvalue weighted by atomic mass is 35.5. The molecular weight excluding hydrogens is 256 g/mol. The highest BCUT2D eigenvalue weighted by Gasteiger charge is 2.09. The van der Waals surface area contributed by atoms with Gasteiger partial charge < -0.3 is 4.57 Å². The highest BCUT2D eigenvalue weighted by Crippen LogP contribution is 2.20. The lowest BCUT2D eigenvalue weighted by Crippen LogP contribution is -2.02. The lowest BCUT2D eigenvalue weighted by molar-refractivity contribution is 0.567. The van der Waals surface area contributed by atoms with Crippen molar-refractivity contribution in [3.63, 3.8) is 0 Å². The summed E-state index contributed by atoms with van der Waals surface area (Å²) in [6, 6.07) is 6.45. The molecule has 0 atom stereocenters. The van der Waals surface area contributed by atoms with Crippen molar-refractivity contribution in [1.82, 2.24) is 9.55 Å².